The van der Waals surface area contributed by atoms with Gasteiger partial charge in [-0.15, -0.1) is 11.3 Å². The number of thiazole rings is 1. The van der Waals surface area contributed by atoms with Crippen LogP contribution in [0.15, 0.2) is 41.9 Å². The number of hydrogen-bond donors (Lipinski definition) is 1. The maximum atomic E-state index is 11.9. The maximum Gasteiger partial charge on any atom is 0.233 e. The Balaban J connectivity index is 2.05. The van der Waals surface area contributed by atoms with E-state index in [4.69, 9.17) is 0 Å². The van der Waals surface area contributed by atoms with Crippen molar-refractivity contribution in [2.75, 3.05) is 5.32 Å². The zero-order valence-corrected chi connectivity index (χ0v) is 9.70. The van der Waals surface area contributed by atoms with Crippen LogP contribution in [0.1, 0.15) is 18.4 Å². The van der Waals surface area contributed by atoms with Crippen LogP contribution < -0.4 is 5.32 Å². The molecule has 1 atom stereocenters. The molecule has 2 aromatic rings. The average Bonchev–Trinajstić information content (AvgIpc) is 2.82. The van der Waals surface area contributed by atoms with Gasteiger partial charge >= 0.3 is 0 Å². The summed E-state index contributed by atoms with van der Waals surface area (Å²) in [5.74, 6) is -0.189. The van der Waals surface area contributed by atoms with Crippen LogP contribution >= 0.6 is 11.3 Å². The van der Waals surface area contributed by atoms with Gasteiger partial charge in [-0.2, -0.15) is 0 Å². The topological polar surface area (TPSA) is 42.0 Å². The van der Waals surface area contributed by atoms with E-state index in [1.807, 2.05) is 42.6 Å². The van der Waals surface area contributed by atoms with E-state index in [-0.39, 0.29) is 11.8 Å². The van der Waals surface area contributed by atoms with E-state index in [1.165, 1.54) is 11.3 Å². The van der Waals surface area contributed by atoms with Gasteiger partial charge < -0.3 is 5.32 Å². The molecule has 2 rings (SSSR count). The number of nitrogens with one attached hydrogen (secondary N) is 1. The van der Waals surface area contributed by atoms with Gasteiger partial charge in [-0.05, 0) is 12.5 Å². The third-order valence-electron chi connectivity index (χ3n) is 2.36. The highest BCUT2D eigenvalue weighted by Gasteiger charge is 2.15. The van der Waals surface area contributed by atoms with E-state index in [1.54, 1.807) is 6.20 Å². The summed E-state index contributed by atoms with van der Waals surface area (Å²) in [7, 11) is 0. The second-order valence-electron chi connectivity index (χ2n) is 3.46. The monoisotopic (exact) mass is 232 g/mol. The predicted molar refractivity (Wildman–Crippen MR) is 65.6 cm³/mol. The van der Waals surface area contributed by atoms with E-state index in [0.29, 0.717) is 5.13 Å². The number of hydrogen-bond acceptors (Lipinski definition) is 3. The fourth-order valence-corrected chi connectivity index (χ4v) is 1.92. The van der Waals surface area contributed by atoms with E-state index >= 15 is 0 Å². The fraction of sp³-hybridized carbons (Fsp3) is 0.167. The molecule has 1 aromatic heterocycles. The standard InChI is InChI=1S/C12H12N2OS/c1-9(10-5-3-2-4-6-10)11(15)14-12-13-7-8-16-12/h2-9H,1H3,(H,13,14,15)/t9-/m0/s1. The lowest BCUT2D eigenvalue weighted by atomic mass is 10.0. The summed E-state index contributed by atoms with van der Waals surface area (Å²) in [6.45, 7) is 1.89. The Hall–Kier alpha value is -1.68. The van der Waals surface area contributed by atoms with Crippen molar-refractivity contribution in [1.82, 2.24) is 4.98 Å². The molecule has 1 aromatic carbocycles. The molecule has 0 spiro atoms. The smallest absolute Gasteiger partial charge is 0.233 e. The van der Waals surface area contributed by atoms with Crippen LogP contribution in [0.3, 0.4) is 0 Å². The minimum atomic E-state index is -0.162. The van der Waals surface area contributed by atoms with Crippen molar-refractivity contribution >= 4 is 22.4 Å². The summed E-state index contributed by atoms with van der Waals surface area (Å²) in [5.41, 5.74) is 1.01. The number of anilines is 1. The molecule has 16 heavy (non-hydrogen) atoms. The lowest BCUT2D eigenvalue weighted by Gasteiger charge is -2.10. The Kier molecular flexibility index (Phi) is 3.31. The molecule has 0 saturated heterocycles. The molecule has 0 fully saturated rings. The van der Waals surface area contributed by atoms with Crippen molar-refractivity contribution in [3.05, 3.63) is 47.5 Å². The van der Waals surface area contributed by atoms with Crippen LogP contribution in [0, 0.1) is 0 Å². The first kappa shape index (κ1) is 10.8. The van der Waals surface area contributed by atoms with Gasteiger partial charge in [0.05, 0.1) is 5.92 Å². The van der Waals surface area contributed by atoms with E-state index in [9.17, 15) is 4.79 Å². The SMILES string of the molecule is C[C@H](C(=O)Nc1nccs1)c1ccccc1. The Morgan fingerprint density at radius 3 is 2.75 bits per heavy atom. The van der Waals surface area contributed by atoms with Gasteiger partial charge in [-0.25, -0.2) is 4.98 Å². The Bertz CT molecular complexity index is 453. The number of carbonyl (C=O) groups is 1. The fourth-order valence-electron chi connectivity index (χ4n) is 1.39. The van der Waals surface area contributed by atoms with E-state index in [2.05, 4.69) is 10.3 Å². The first-order valence-electron chi connectivity index (χ1n) is 5.02. The van der Waals surface area contributed by atoms with Crippen LogP contribution in [-0.4, -0.2) is 10.9 Å². The molecule has 82 valence electrons. The van der Waals surface area contributed by atoms with Crippen LogP contribution in [0.5, 0.6) is 0 Å². The normalized spacial score (nSPS) is 12.1. The third kappa shape index (κ3) is 2.46. The van der Waals surface area contributed by atoms with E-state index < -0.39 is 0 Å². The predicted octanol–water partition coefficient (Wildman–Crippen LogP) is 2.89. The molecule has 1 heterocycles. The van der Waals surface area contributed by atoms with Crippen molar-refractivity contribution in [3.63, 3.8) is 0 Å². The first-order chi connectivity index (χ1) is 7.77. The molecular formula is C12H12N2OS. The van der Waals surface area contributed by atoms with Gasteiger partial charge in [-0.3, -0.25) is 4.79 Å². The average molecular weight is 232 g/mol. The molecular weight excluding hydrogens is 220 g/mol. The second-order valence-corrected chi connectivity index (χ2v) is 4.35. The highest BCUT2D eigenvalue weighted by Crippen LogP contribution is 2.18. The molecule has 3 nitrogen and oxygen atoms in total. The Morgan fingerprint density at radius 1 is 1.38 bits per heavy atom. The minimum Gasteiger partial charge on any atom is -0.301 e. The van der Waals surface area contributed by atoms with Gasteiger partial charge in [0, 0.05) is 11.6 Å². The number of carbonyl (C=O) groups excluding carboxylic acids is 1. The van der Waals surface area contributed by atoms with Crippen molar-refractivity contribution in [2.24, 2.45) is 0 Å². The van der Waals surface area contributed by atoms with Crippen molar-refractivity contribution in [2.45, 2.75) is 12.8 Å². The molecule has 0 aliphatic rings. The largest absolute Gasteiger partial charge is 0.301 e. The molecule has 0 saturated carbocycles. The van der Waals surface area contributed by atoms with Crippen molar-refractivity contribution in [3.8, 4) is 0 Å². The number of aromatic nitrogens is 1. The minimum absolute atomic E-state index is 0.0267. The Morgan fingerprint density at radius 2 is 2.12 bits per heavy atom. The second kappa shape index (κ2) is 4.90. The molecule has 0 aliphatic carbocycles. The van der Waals surface area contributed by atoms with Crippen molar-refractivity contribution < 1.29 is 4.79 Å². The van der Waals surface area contributed by atoms with E-state index in [0.717, 1.165) is 5.56 Å². The highest BCUT2D eigenvalue weighted by molar-refractivity contribution is 7.13. The molecule has 0 unspecified atom stereocenters. The van der Waals surface area contributed by atoms with Crippen LogP contribution in [0.25, 0.3) is 0 Å². The molecule has 0 radical (unpaired) electrons. The molecule has 4 heteroatoms. The summed E-state index contributed by atoms with van der Waals surface area (Å²) >= 11 is 1.42. The molecule has 1 amide bonds. The quantitative estimate of drug-likeness (QED) is 0.884. The molecule has 0 aliphatic heterocycles. The Labute approximate surface area is 98.2 Å². The van der Waals surface area contributed by atoms with Gasteiger partial charge in [0.2, 0.25) is 5.91 Å². The lowest BCUT2D eigenvalue weighted by Crippen LogP contribution is -2.18. The van der Waals surface area contributed by atoms with Gasteiger partial charge in [-0.1, -0.05) is 30.3 Å². The molecule has 1 N–H and O–H groups in total. The summed E-state index contributed by atoms with van der Waals surface area (Å²) in [6, 6.07) is 9.71. The number of benzene rings is 1. The van der Waals surface area contributed by atoms with Crippen LogP contribution in [-0.2, 0) is 4.79 Å². The van der Waals surface area contributed by atoms with Crippen LogP contribution in [0.4, 0.5) is 5.13 Å². The third-order valence-corrected chi connectivity index (χ3v) is 3.04. The number of nitrogens with zero attached hydrogens (tertiary/aromatic N) is 1. The molecule has 0 bridgehead atoms. The summed E-state index contributed by atoms with van der Waals surface area (Å²) in [4.78, 5) is 15.9. The van der Waals surface area contributed by atoms with Gasteiger partial charge in [0.25, 0.3) is 0 Å². The van der Waals surface area contributed by atoms with Crippen molar-refractivity contribution in [1.29, 1.82) is 0 Å². The zero-order chi connectivity index (χ0) is 11.4. The summed E-state index contributed by atoms with van der Waals surface area (Å²) in [5, 5.41) is 5.27. The van der Waals surface area contributed by atoms with Gasteiger partial charge in [0.1, 0.15) is 0 Å². The highest BCUT2D eigenvalue weighted by atomic mass is 32.1. The van der Waals surface area contributed by atoms with Crippen LogP contribution in [0.2, 0.25) is 0 Å². The summed E-state index contributed by atoms with van der Waals surface area (Å²) < 4.78 is 0. The first-order valence-corrected chi connectivity index (χ1v) is 5.90. The lowest BCUT2D eigenvalue weighted by molar-refractivity contribution is -0.117. The van der Waals surface area contributed by atoms with Gasteiger partial charge in [0.15, 0.2) is 5.13 Å². The number of rotatable bonds is 3. The number of amides is 1. The summed E-state index contributed by atoms with van der Waals surface area (Å²) in [6.07, 6.45) is 1.67. The maximum absolute atomic E-state index is 11.9. The zero-order valence-electron chi connectivity index (χ0n) is 8.88.